The lowest BCUT2D eigenvalue weighted by molar-refractivity contribution is -0.139. The Morgan fingerprint density at radius 3 is 2.39 bits per heavy atom. The van der Waals surface area contributed by atoms with Gasteiger partial charge in [-0.25, -0.2) is 8.42 Å². The van der Waals surface area contributed by atoms with Crippen LogP contribution in [0.4, 0.5) is 0 Å². The lowest BCUT2D eigenvalue weighted by Gasteiger charge is -2.26. The Hall–Kier alpha value is -1.97. The zero-order valence-corrected chi connectivity index (χ0v) is 13.5. The maximum atomic E-state index is 12.4. The summed E-state index contributed by atoms with van der Waals surface area (Å²) in [5.41, 5.74) is 0.259. The Bertz CT molecular complexity index is 665. The second-order valence-corrected chi connectivity index (χ2v) is 6.74. The molecule has 0 aliphatic carbocycles. The van der Waals surface area contributed by atoms with Crippen molar-refractivity contribution in [2.45, 2.75) is 4.90 Å². The Labute approximate surface area is 134 Å². The lowest BCUT2D eigenvalue weighted by atomic mass is 10.2. The molecule has 1 aliphatic heterocycles. The van der Waals surface area contributed by atoms with Gasteiger partial charge in [0, 0.05) is 18.7 Å². The molecule has 1 fully saturated rings. The summed E-state index contributed by atoms with van der Waals surface area (Å²) in [6, 6.07) is 5.55. The van der Waals surface area contributed by atoms with Crippen molar-refractivity contribution in [3.05, 3.63) is 29.8 Å². The average molecular weight is 342 g/mol. The number of carbonyl (C=O) groups is 2. The maximum Gasteiger partial charge on any atom is 0.325 e. The standard InChI is InChI=1S/C14H18N2O6S/c1-21-13(17)10-15-14(18)11-2-4-12(5-3-11)23(19,20)16-6-8-22-9-7-16/h2-5H,6-10H2,1H3,(H,15,18). The molecule has 1 aromatic rings. The molecule has 1 N–H and O–H groups in total. The maximum absolute atomic E-state index is 12.4. The molecule has 1 heterocycles. The topological polar surface area (TPSA) is 102 Å². The zero-order chi connectivity index (χ0) is 16.9. The Kier molecular flexibility index (Phi) is 5.69. The van der Waals surface area contributed by atoms with Crippen molar-refractivity contribution in [2.24, 2.45) is 0 Å². The van der Waals surface area contributed by atoms with Gasteiger partial charge in [0.1, 0.15) is 6.54 Å². The number of rotatable bonds is 5. The number of hydrogen-bond donors (Lipinski definition) is 1. The highest BCUT2D eigenvalue weighted by atomic mass is 32.2. The van der Waals surface area contributed by atoms with Crippen LogP contribution in [0.1, 0.15) is 10.4 Å². The van der Waals surface area contributed by atoms with Crippen molar-refractivity contribution in [1.29, 1.82) is 0 Å². The van der Waals surface area contributed by atoms with Crippen LogP contribution < -0.4 is 5.32 Å². The van der Waals surface area contributed by atoms with Crippen LogP contribution >= 0.6 is 0 Å². The van der Waals surface area contributed by atoms with E-state index in [2.05, 4.69) is 10.1 Å². The fourth-order valence-corrected chi connectivity index (χ4v) is 3.45. The predicted molar refractivity (Wildman–Crippen MR) is 80.4 cm³/mol. The molecule has 0 saturated carbocycles. The summed E-state index contributed by atoms with van der Waals surface area (Å²) in [5, 5.41) is 2.38. The van der Waals surface area contributed by atoms with E-state index in [0.29, 0.717) is 26.3 Å². The van der Waals surface area contributed by atoms with Gasteiger partial charge < -0.3 is 14.8 Å². The number of carbonyl (C=O) groups excluding carboxylic acids is 2. The van der Waals surface area contributed by atoms with E-state index in [0.717, 1.165) is 0 Å². The van der Waals surface area contributed by atoms with Crippen molar-refractivity contribution in [2.75, 3.05) is 40.0 Å². The predicted octanol–water partition coefficient (Wildman–Crippen LogP) is -0.390. The number of benzene rings is 1. The quantitative estimate of drug-likeness (QED) is 0.731. The Morgan fingerprint density at radius 2 is 1.83 bits per heavy atom. The fraction of sp³-hybridized carbons (Fsp3) is 0.429. The van der Waals surface area contributed by atoms with Gasteiger partial charge in [0.05, 0.1) is 25.2 Å². The van der Waals surface area contributed by atoms with Crippen LogP contribution in [0.15, 0.2) is 29.2 Å². The third-order valence-electron chi connectivity index (χ3n) is 3.35. The molecule has 1 saturated heterocycles. The summed E-state index contributed by atoms with van der Waals surface area (Å²) < 4.78 is 35.8. The van der Waals surface area contributed by atoms with E-state index in [-0.39, 0.29) is 17.0 Å². The molecule has 2 rings (SSSR count). The average Bonchev–Trinajstić information content (AvgIpc) is 2.60. The molecule has 0 bridgehead atoms. The van der Waals surface area contributed by atoms with Crippen molar-refractivity contribution in [3.8, 4) is 0 Å². The molecule has 0 radical (unpaired) electrons. The van der Waals surface area contributed by atoms with Crippen LogP contribution in [0.5, 0.6) is 0 Å². The van der Waals surface area contributed by atoms with E-state index < -0.39 is 21.9 Å². The van der Waals surface area contributed by atoms with Crippen molar-refractivity contribution in [3.63, 3.8) is 0 Å². The Morgan fingerprint density at radius 1 is 1.22 bits per heavy atom. The second-order valence-electron chi connectivity index (χ2n) is 4.80. The molecule has 0 aromatic heterocycles. The molecule has 8 nitrogen and oxygen atoms in total. The van der Waals surface area contributed by atoms with Crippen molar-refractivity contribution >= 4 is 21.9 Å². The summed E-state index contributed by atoms with van der Waals surface area (Å²) in [6.45, 7) is 1.11. The summed E-state index contributed by atoms with van der Waals surface area (Å²) in [7, 11) is -2.36. The number of nitrogens with one attached hydrogen (secondary N) is 1. The van der Waals surface area contributed by atoms with E-state index in [1.54, 1.807) is 0 Å². The van der Waals surface area contributed by atoms with Crippen molar-refractivity contribution < 1.29 is 27.5 Å². The highest BCUT2D eigenvalue weighted by molar-refractivity contribution is 7.89. The van der Waals surface area contributed by atoms with Crippen LogP contribution in [0.2, 0.25) is 0 Å². The van der Waals surface area contributed by atoms with Gasteiger partial charge >= 0.3 is 5.97 Å². The minimum atomic E-state index is -3.59. The number of hydrogen-bond acceptors (Lipinski definition) is 6. The van der Waals surface area contributed by atoms with Crippen LogP contribution in [-0.2, 0) is 24.3 Å². The molecular weight excluding hydrogens is 324 g/mol. The third-order valence-corrected chi connectivity index (χ3v) is 5.26. The van der Waals surface area contributed by atoms with Crippen molar-refractivity contribution in [1.82, 2.24) is 9.62 Å². The first-order valence-corrected chi connectivity index (χ1v) is 8.42. The van der Waals surface area contributed by atoms with Gasteiger partial charge in [-0.3, -0.25) is 9.59 Å². The van der Waals surface area contributed by atoms with Crippen LogP contribution in [0.25, 0.3) is 0 Å². The van der Waals surface area contributed by atoms with E-state index >= 15 is 0 Å². The second kappa shape index (κ2) is 7.53. The summed E-state index contributed by atoms with van der Waals surface area (Å²) >= 11 is 0. The normalized spacial score (nSPS) is 15.9. The fourth-order valence-electron chi connectivity index (χ4n) is 2.04. The van der Waals surface area contributed by atoms with Crippen LogP contribution in [0, 0.1) is 0 Å². The smallest absolute Gasteiger partial charge is 0.325 e. The lowest BCUT2D eigenvalue weighted by Crippen LogP contribution is -2.40. The molecule has 0 spiro atoms. The van der Waals surface area contributed by atoms with Gasteiger partial charge in [0.25, 0.3) is 5.91 Å². The van der Waals surface area contributed by atoms with Crippen LogP contribution in [-0.4, -0.2) is 64.6 Å². The molecule has 126 valence electrons. The van der Waals surface area contributed by atoms with Gasteiger partial charge in [0.15, 0.2) is 0 Å². The van der Waals surface area contributed by atoms with E-state index in [1.807, 2.05) is 0 Å². The first-order valence-electron chi connectivity index (χ1n) is 6.98. The number of methoxy groups -OCH3 is 1. The van der Waals surface area contributed by atoms with Gasteiger partial charge in [-0.15, -0.1) is 0 Å². The van der Waals surface area contributed by atoms with E-state index in [9.17, 15) is 18.0 Å². The number of amides is 1. The zero-order valence-electron chi connectivity index (χ0n) is 12.6. The third kappa shape index (κ3) is 4.27. The summed E-state index contributed by atoms with van der Waals surface area (Å²) in [4.78, 5) is 22.9. The summed E-state index contributed by atoms with van der Waals surface area (Å²) in [6.07, 6.45) is 0. The van der Waals surface area contributed by atoms with E-state index in [1.165, 1.54) is 35.7 Å². The molecule has 1 amide bonds. The molecule has 0 unspecified atom stereocenters. The molecule has 9 heteroatoms. The minimum Gasteiger partial charge on any atom is -0.468 e. The molecule has 1 aromatic carbocycles. The SMILES string of the molecule is COC(=O)CNC(=O)c1ccc(S(=O)(=O)N2CCOCC2)cc1. The van der Waals surface area contributed by atoms with Gasteiger partial charge in [-0.1, -0.05) is 0 Å². The monoisotopic (exact) mass is 342 g/mol. The van der Waals surface area contributed by atoms with Crippen LogP contribution in [0.3, 0.4) is 0 Å². The minimum absolute atomic E-state index is 0.115. The first kappa shape index (κ1) is 17.4. The molecule has 23 heavy (non-hydrogen) atoms. The number of sulfonamides is 1. The molecule has 1 aliphatic rings. The highest BCUT2D eigenvalue weighted by Gasteiger charge is 2.26. The van der Waals surface area contributed by atoms with E-state index in [4.69, 9.17) is 4.74 Å². The largest absolute Gasteiger partial charge is 0.468 e. The van der Waals surface area contributed by atoms with Gasteiger partial charge in [-0.2, -0.15) is 4.31 Å². The number of nitrogens with zero attached hydrogens (tertiary/aromatic N) is 1. The number of morpholine rings is 1. The molecule has 0 atom stereocenters. The highest BCUT2D eigenvalue weighted by Crippen LogP contribution is 2.17. The Balaban J connectivity index is 2.06. The van der Waals surface area contributed by atoms with Gasteiger partial charge in [-0.05, 0) is 24.3 Å². The number of esters is 1. The summed E-state index contributed by atoms with van der Waals surface area (Å²) in [5.74, 6) is -1.05. The number of ether oxygens (including phenoxy) is 2. The van der Waals surface area contributed by atoms with Gasteiger partial charge in [0.2, 0.25) is 10.0 Å². The first-order chi connectivity index (χ1) is 10.9. The molecular formula is C14H18N2O6S.